The third kappa shape index (κ3) is 2.04. The van der Waals surface area contributed by atoms with E-state index in [4.69, 9.17) is 9.26 Å². The summed E-state index contributed by atoms with van der Waals surface area (Å²) < 4.78 is 11.6. The van der Waals surface area contributed by atoms with Crippen molar-refractivity contribution in [2.24, 2.45) is 0 Å². The second-order valence-electron chi connectivity index (χ2n) is 5.52. The fraction of sp³-hybridized carbons (Fsp3) is 0.167. The van der Waals surface area contributed by atoms with Gasteiger partial charge in [-0.1, -0.05) is 53.2 Å². The van der Waals surface area contributed by atoms with Crippen molar-refractivity contribution in [1.82, 2.24) is 5.16 Å². The molecule has 0 fully saturated rings. The van der Waals surface area contributed by atoms with Crippen LogP contribution in [0.25, 0.3) is 11.1 Å². The molecule has 0 bridgehead atoms. The number of ether oxygens (including phenoxy) is 1. The number of nitrogens with one attached hydrogen (secondary N) is 1. The minimum absolute atomic E-state index is 0.310. The number of anilines is 1. The van der Waals surface area contributed by atoms with Crippen molar-refractivity contribution < 1.29 is 9.26 Å². The molecule has 0 spiro atoms. The van der Waals surface area contributed by atoms with Crippen molar-refractivity contribution in [3.8, 4) is 16.9 Å². The van der Waals surface area contributed by atoms with Gasteiger partial charge in [0.05, 0.1) is 11.3 Å². The summed E-state index contributed by atoms with van der Waals surface area (Å²) in [4.78, 5) is 0. The molecular weight excluding hydrogens is 276 g/mol. The van der Waals surface area contributed by atoms with E-state index in [1.807, 2.05) is 31.2 Å². The number of aromatic nitrogens is 1. The molecule has 22 heavy (non-hydrogen) atoms. The minimum atomic E-state index is -0.310. The van der Waals surface area contributed by atoms with E-state index in [1.165, 1.54) is 5.56 Å². The smallest absolute Gasteiger partial charge is 0.236 e. The number of rotatable bonds is 1. The van der Waals surface area contributed by atoms with E-state index in [2.05, 4.69) is 41.7 Å². The maximum Gasteiger partial charge on any atom is 0.236 e. The fourth-order valence-corrected chi connectivity index (χ4v) is 2.73. The number of hydrogen-bond donors (Lipinski definition) is 1. The van der Waals surface area contributed by atoms with Gasteiger partial charge in [-0.25, -0.2) is 0 Å². The van der Waals surface area contributed by atoms with Gasteiger partial charge in [-0.2, -0.15) is 0 Å². The lowest BCUT2D eigenvalue weighted by Crippen LogP contribution is -2.16. The largest absolute Gasteiger partial charge is 0.466 e. The summed E-state index contributed by atoms with van der Waals surface area (Å²) in [5.74, 6) is 1.47. The van der Waals surface area contributed by atoms with Crippen LogP contribution in [-0.2, 0) is 0 Å². The lowest BCUT2D eigenvalue weighted by molar-refractivity contribution is 0.233. The lowest BCUT2D eigenvalue weighted by atomic mass is 10.1. The molecule has 0 amide bonds. The van der Waals surface area contributed by atoms with Crippen LogP contribution >= 0.6 is 0 Å². The molecule has 0 radical (unpaired) electrons. The van der Waals surface area contributed by atoms with Gasteiger partial charge in [-0.05, 0) is 19.9 Å². The van der Waals surface area contributed by atoms with Crippen LogP contribution in [0.4, 0.5) is 5.88 Å². The number of fused-ring (bicyclic) bond motifs is 3. The Kier molecular flexibility index (Phi) is 2.89. The molecule has 2 aromatic carbocycles. The molecule has 1 aromatic heterocycles. The minimum Gasteiger partial charge on any atom is -0.466 e. The van der Waals surface area contributed by atoms with Gasteiger partial charge in [-0.3, -0.25) is 0 Å². The predicted molar refractivity (Wildman–Crippen MR) is 84.8 cm³/mol. The summed E-state index contributed by atoms with van der Waals surface area (Å²) in [5.41, 5.74) is 5.07. The molecular formula is C18H16N2O2. The quantitative estimate of drug-likeness (QED) is 0.719. The molecule has 1 atom stereocenters. The molecule has 1 aliphatic rings. The Balaban J connectivity index is 1.85. The molecule has 1 N–H and O–H groups in total. The monoisotopic (exact) mass is 292 g/mol. The van der Waals surface area contributed by atoms with Crippen molar-refractivity contribution in [2.45, 2.75) is 20.1 Å². The summed E-state index contributed by atoms with van der Waals surface area (Å²) in [7, 11) is 0. The third-order valence-electron chi connectivity index (χ3n) is 3.91. The van der Waals surface area contributed by atoms with Crippen LogP contribution in [0.15, 0.2) is 53.1 Å². The van der Waals surface area contributed by atoms with Crippen LogP contribution in [-0.4, -0.2) is 5.16 Å². The summed E-state index contributed by atoms with van der Waals surface area (Å²) in [6.45, 7) is 4.01. The van der Waals surface area contributed by atoms with Crippen molar-refractivity contribution in [2.75, 3.05) is 5.32 Å². The summed E-state index contributed by atoms with van der Waals surface area (Å²) in [5, 5.41) is 7.40. The van der Waals surface area contributed by atoms with Gasteiger partial charge >= 0.3 is 0 Å². The van der Waals surface area contributed by atoms with E-state index in [0.717, 1.165) is 28.1 Å². The average molecular weight is 292 g/mol. The van der Waals surface area contributed by atoms with E-state index in [-0.39, 0.29) is 6.23 Å². The van der Waals surface area contributed by atoms with E-state index >= 15 is 0 Å². The van der Waals surface area contributed by atoms with Gasteiger partial charge in [0, 0.05) is 11.1 Å². The molecule has 0 aliphatic carbocycles. The highest BCUT2D eigenvalue weighted by Gasteiger charge is 2.27. The van der Waals surface area contributed by atoms with Crippen molar-refractivity contribution in [3.63, 3.8) is 0 Å². The maximum absolute atomic E-state index is 6.18. The van der Waals surface area contributed by atoms with Crippen molar-refractivity contribution >= 4 is 5.88 Å². The average Bonchev–Trinajstić information content (AvgIpc) is 2.80. The van der Waals surface area contributed by atoms with E-state index in [0.29, 0.717) is 5.88 Å². The molecule has 2 heterocycles. The molecule has 4 heteroatoms. The Bertz CT molecular complexity index is 821. The highest BCUT2D eigenvalue weighted by Crippen LogP contribution is 2.42. The Hall–Kier alpha value is -2.75. The van der Waals surface area contributed by atoms with Crippen molar-refractivity contribution in [3.05, 3.63) is 65.4 Å². The highest BCUT2D eigenvalue weighted by atomic mass is 16.5. The molecule has 1 aliphatic heterocycles. The Morgan fingerprint density at radius 2 is 1.77 bits per heavy atom. The zero-order chi connectivity index (χ0) is 15.1. The second kappa shape index (κ2) is 4.91. The summed E-state index contributed by atoms with van der Waals surface area (Å²) >= 11 is 0. The van der Waals surface area contributed by atoms with E-state index < -0.39 is 0 Å². The fourth-order valence-electron chi connectivity index (χ4n) is 2.73. The number of hydrogen-bond acceptors (Lipinski definition) is 4. The maximum atomic E-state index is 6.18. The van der Waals surface area contributed by atoms with Gasteiger partial charge in [0.15, 0.2) is 6.23 Å². The predicted octanol–water partition coefficient (Wildman–Crippen LogP) is 4.46. The van der Waals surface area contributed by atoms with Crippen LogP contribution in [0.1, 0.15) is 23.0 Å². The first-order valence-corrected chi connectivity index (χ1v) is 7.28. The number of nitrogens with zero attached hydrogens (tertiary/aromatic N) is 1. The van der Waals surface area contributed by atoms with Crippen molar-refractivity contribution in [1.29, 1.82) is 0 Å². The SMILES string of the molecule is Cc1ccc(C2Nc3onc(C)c3-c3ccccc3O2)cc1. The van der Waals surface area contributed by atoms with E-state index in [1.54, 1.807) is 0 Å². The zero-order valence-corrected chi connectivity index (χ0v) is 12.5. The van der Waals surface area contributed by atoms with Crippen LogP contribution in [0.2, 0.25) is 0 Å². The number of para-hydroxylation sites is 1. The molecule has 0 saturated heterocycles. The topological polar surface area (TPSA) is 47.3 Å². The number of benzene rings is 2. The second-order valence-corrected chi connectivity index (χ2v) is 5.52. The first-order valence-electron chi connectivity index (χ1n) is 7.28. The first kappa shape index (κ1) is 13.0. The highest BCUT2D eigenvalue weighted by molar-refractivity contribution is 5.81. The first-order chi connectivity index (χ1) is 10.7. The van der Waals surface area contributed by atoms with Crippen LogP contribution in [0.3, 0.4) is 0 Å². The van der Waals surface area contributed by atoms with Gasteiger partial charge < -0.3 is 14.6 Å². The molecule has 4 rings (SSSR count). The van der Waals surface area contributed by atoms with Gasteiger partial charge in [0.2, 0.25) is 5.88 Å². The third-order valence-corrected chi connectivity index (χ3v) is 3.91. The normalized spacial score (nSPS) is 16.0. The van der Waals surface area contributed by atoms with Gasteiger partial charge in [0.1, 0.15) is 5.75 Å². The number of aryl methyl sites for hydroxylation is 2. The zero-order valence-electron chi connectivity index (χ0n) is 12.5. The van der Waals surface area contributed by atoms with Crippen LogP contribution < -0.4 is 10.1 Å². The molecule has 4 nitrogen and oxygen atoms in total. The van der Waals surface area contributed by atoms with E-state index in [9.17, 15) is 0 Å². The standard InChI is InChI=1S/C18H16N2O2/c1-11-7-9-13(10-8-11)17-19-18-16(12(2)20-22-18)14-5-3-4-6-15(14)21-17/h3-10,17,19H,1-2H3. The van der Waals surface area contributed by atoms with Gasteiger partial charge in [-0.15, -0.1) is 0 Å². The van der Waals surface area contributed by atoms with Gasteiger partial charge in [0.25, 0.3) is 0 Å². The Labute approximate surface area is 128 Å². The molecule has 110 valence electrons. The molecule has 1 unspecified atom stereocenters. The summed E-state index contributed by atoms with van der Waals surface area (Å²) in [6.07, 6.45) is -0.310. The van der Waals surface area contributed by atoms with Crippen LogP contribution in [0.5, 0.6) is 5.75 Å². The summed E-state index contributed by atoms with van der Waals surface area (Å²) in [6, 6.07) is 16.2. The van der Waals surface area contributed by atoms with Crippen LogP contribution in [0, 0.1) is 13.8 Å². The Morgan fingerprint density at radius 1 is 1.00 bits per heavy atom. The molecule has 0 saturated carbocycles. The Morgan fingerprint density at radius 3 is 2.59 bits per heavy atom. The molecule has 3 aromatic rings. The lowest BCUT2D eigenvalue weighted by Gasteiger charge is -2.19.